The van der Waals surface area contributed by atoms with E-state index in [-0.39, 0.29) is 5.56 Å². The number of hydrogen-bond donors (Lipinski definition) is 1. The normalized spacial score (nSPS) is 10.2. The predicted octanol–water partition coefficient (Wildman–Crippen LogP) is 1.92. The molecule has 0 atom stereocenters. The van der Waals surface area contributed by atoms with Gasteiger partial charge in [0.1, 0.15) is 8.60 Å². The van der Waals surface area contributed by atoms with Crippen molar-refractivity contribution in [1.29, 1.82) is 0 Å². The maximum absolute atomic E-state index is 11.3. The Labute approximate surface area is 104 Å². The van der Waals surface area contributed by atoms with Gasteiger partial charge >= 0.3 is 0 Å². The molecule has 0 aromatic carbocycles. The fourth-order valence-electron chi connectivity index (χ4n) is 0.956. The van der Waals surface area contributed by atoms with Gasteiger partial charge in [-0.05, 0) is 34.7 Å². The Kier molecular flexibility index (Phi) is 3.37. The Morgan fingerprint density at radius 1 is 1.33 bits per heavy atom. The minimum atomic E-state index is -0.109. The second-order valence-electron chi connectivity index (χ2n) is 2.64. The summed E-state index contributed by atoms with van der Waals surface area (Å²) < 4.78 is 0.608. The van der Waals surface area contributed by atoms with Crippen LogP contribution in [-0.4, -0.2) is 15.0 Å². The zero-order valence-electron chi connectivity index (χ0n) is 7.48. The molecule has 2 aromatic heterocycles. The van der Waals surface area contributed by atoms with Gasteiger partial charge in [0.25, 0.3) is 5.56 Å². The highest BCUT2D eigenvalue weighted by atomic mass is 127. The van der Waals surface area contributed by atoms with Gasteiger partial charge in [-0.15, -0.1) is 0 Å². The van der Waals surface area contributed by atoms with Crippen LogP contribution in [0.25, 0.3) is 0 Å². The van der Waals surface area contributed by atoms with E-state index in [1.165, 1.54) is 18.1 Å². The molecule has 0 aliphatic heterocycles. The molecule has 0 aliphatic carbocycles. The average Bonchev–Trinajstić information content (AvgIpc) is 2.26. The van der Waals surface area contributed by atoms with E-state index in [4.69, 9.17) is 0 Å². The number of nitrogens with zero attached hydrogens (tertiary/aromatic N) is 2. The van der Waals surface area contributed by atoms with Crippen LogP contribution in [0.5, 0.6) is 0 Å². The molecule has 0 saturated heterocycles. The molecule has 2 aromatic rings. The fourth-order valence-corrected chi connectivity index (χ4v) is 2.35. The topological polar surface area (TPSA) is 58.6 Å². The minimum absolute atomic E-state index is 0.109. The van der Waals surface area contributed by atoms with E-state index in [9.17, 15) is 4.79 Å². The van der Waals surface area contributed by atoms with Crippen molar-refractivity contribution in [3.05, 3.63) is 44.8 Å². The van der Waals surface area contributed by atoms with E-state index in [1.54, 1.807) is 12.4 Å². The van der Waals surface area contributed by atoms with Crippen LogP contribution in [-0.2, 0) is 0 Å². The standard InChI is InChI=1S/C9H6IN3OS/c10-7-8(14)12-5-13-9(7)15-6-1-3-11-4-2-6/h1-5H,(H,12,13,14). The van der Waals surface area contributed by atoms with Gasteiger partial charge in [-0.3, -0.25) is 9.78 Å². The minimum Gasteiger partial charge on any atom is -0.312 e. The van der Waals surface area contributed by atoms with E-state index in [2.05, 4.69) is 15.0 Å². The molecule has 0 unspecified atom stereocenters. The Bertz CT molecular complexity index is 514. The molecule has 76 valence electrons. The van der Waals surface area contributed by atoms with Crippen molar-refractivity contribution < 1.29 is 0 Å². The zero-order chi connectivity index (χ0) is 10.7. The van der Waals surface area contributed by atoms with Gasteiger partial charge in [0.05, 0.1) is 6.33 Å². The predicted molar refractivity (Wildman–Crippen MR) is 65.9 cm³/mol. The number of rotatable bonds is 2. The number of aromatic nitrogens is 3. The van der Waals surface area contributed by atoms with Gasteiger partial charge in [0, 0.05) is 17.3 Å². The second-order valence-corrected chi connectivity index (χ2v) is 4.78. The van der Waals surface area contributed by atoms with Gasteiger partial charge in [0.2, 0.25) is 0 Å². The molecule has 4 nitrogen and oxygen atoms in total. The van der Waals surface area contributed by atoms with Crippen LogP contribution in [0.1, 0.15) is 0 Å². The van der Waals surface area contributed by atoms with Crippen molar-refractivity contribution in [2.45, 2.75) is 9.92 Å². The SMILES string of the molecule is O=c1[nH]cnc(Sc2ccncc2)c1I. The first-order chi connectivity index (χ1) is 7.27. The van der Waals surface area contributed by atoms with Crippen LogP contribution in [0.3, 0.4) is 0 Å². The smallest absolute Gasteiger partial charge is 0.265 e. The summed E-state index contributed by atoms with van der Waals surface area (Å²) in [6.45, 7) is 0. The number of pyridine rings is 1. The van der Waals surface area contributed by atoms with E-state index >= 15 is 0 Å². The molecule has 0 amide bonds. The second kappa shape index (κ2) is 4.75. The zero-order valence-corrected chi connectivity index (χ0v) is 10.4. The third kappa shape index (κ3) is 2.57. The average molecular weight is 331 g/mol. The lowest BCUT2D eigenvalue weighted by Crippen LogP contribution is -2.10. The van der Waals surface area contributed by atoms with E-state index < -0.39 is 0 Å². The van der Waals surface area contributed by atoms with Crippen molar-refractivity contribution in [2.24, 2.45) is 0 Å². The summed E-state index contributed by atoms with van der Waals surface area (Å²) in [4.78, 5) is 22.9. The van der Waals surface area contributed by atoms with E-state index in [0.29, 0.717) is 8.60 Å². The Hall–Kier alpha value is -0.890. The molecule has 2 heterocycles. The van der Waals surface area contributed by atoms with Crippen LogP contribution in [0.4, 0.5) is 0 Å². The first-order valence-electron chi connectivity index (χ1n) is 4.08. The molecular weight excluding hydrogens is 325 g/mol. The lowest BCUT2D eigenvalue weighted by molar-refractivity contribution is 0.987. The number of aromatic amines is 1. The number of H-pyrrole nitrogens is 1. The van der Waals surface area contributed by atoms with Crippen molar-refractivity contribution in [3.8, 4) is 0 Å². The summed E-state index contributed by atoms with van der Waals surface area (Å²) in [5.74, 6) is 0. The maximum Gasteiger partial charge on any atom is 0.265 e. The highest BCUT2D eigenvalue weighted by Crippen LogP contribution is 2.26. The third-order valence-corrected chi connectivity index (χ3v) is 4.01. The number of hydrogen-bond acceptors (Lipinski definition) is 4. The summed E-state index contributed by atoms with van der Waals surface area (Å²) in [5, 5.41) is 0.713. The van der Waals surface area contributed by atoms with E-state index in [1.807, 2.05) is 34.7 Å². The highest BCUT2D eigenvalue weighted by molar-refractivity contribution is 14.1. The lowest BCUT2D eigenvalue weighted by Gasteiger charge is -2.00. The van der Waals surface area contributed by atoms with Gasteiger partial charge in [0.15, 0.2) is 0 Å². The van der Waals surface area contributed by atoms with Crippen LogP contribution in [0, 0.1) is 3.57 Å². The summed E-state index contributed by atoms with van der Waals surface area (Å²) >= 11 is 3.44. The molecule has 0 saturated carbocycles. The Balaban J connectivity index is 2.33. The van der Waals surface area contributed by atoms with Crippen LogP contribution in [0.2, 0.25) is 0 Å². The molecule has 0 radical (unpaired) electrons. The lowest BCUT2D eigenvalue weighted by atomic mass is 10.5. The van der Waals surface area contributed by atoms with Crippen molar-refractivity contribution in [2.75, 3.05) is 0 Å². The monoisotopic (exact) mass is 331 g/mol. The van der Waals surface area contributed by atoms with Gasteiger partial charge in [-0.25, -0.2) is 4.98 Å². The van der Waals surface area contributed by atoms with Gasteiger partial charge in [-0.1, -0.05) is 11.8 Å². The molecular formula is C9H6IN3OS. The number of halogens is 1. The Morgan fingerprint density at radius 3 is 2.80 bits per heavy atom. The fraction of sp³-hybridized carbons (Fsp3) is 0. The molecule has 2 rings (SSSR count). The van der Waals surface area contributed by atoms with Gasteiger partial charge in [-0.2, -0.15) is 0 Å². The van der Waals surface area contributed by atoms with E-state index in [0.717, 1.165) is 4.90 Å². The summed E-state index contributed by atoms with van der Waals surface area (Å²) in [6.07, 6.45) is 4.83. The van der Waals surface area contributed by atoms with Crippen molar-refractivity contribution >= 4 is 34.4 Å². The molecule has 0 spiro atoms. The summed E-state index contributed by atoms with van der Waals surface area (Å²) in [6, 6.07) is 3.76. The molecule has 15 heavy (non-hydrogen) atoms. The van der Waals surface area contributed by atoms with Crippen LogP contribution < -0.4 is 5.56 Å². The molecule has 1 N–H and O–H groups in total. The highest BCUT2D eigenvalue weighted by Gasteiger charge is 2.06. The molecule has 0 aliphatic rings. The molecule has 0 fully saturated rings. The molecule has 0 bridgehead atoms. The first-order valence-corrected chi connectivity index (χ1v) is 5.98. The summed E-state index contributed by atoms with van der Waals surface area (Å²) in [5.41, 5.74) is -0.109. The quantitative estimate of drug-likeness (QED) is 0.675. The first kappa shape index (κ1) is 10.6. The van der Waals surface area contributed by atoms with Crippen molar-refractivity contribution in [1.82, 2.24) is 15.0 Å². The largest absolute Gasteiger partial charge is 0.312 e. The van der Waals surface area contributed by atoms with Gasteiger partial charge < -0.3 is 4.98 Å². The van der Waals surface area contributed by atoms with Crippen LogP contribution >= 0.6 is 34.4 Å². The number of nitrogens with one attached hydrogen (secondary N) is 1. The molecule has 6 heteroatoms. The Morgan fingerprint density at radius 2 is 2.07 bits per heavy atom. The van der Waals surface area contributed by atoms with Crippen molar-refractivity contribution in [3.63, 3.8) is 0 Å². The van der Waals surface area contributed by atoms with Crippen LogP contribution in [0.15, 0.2) is 45.6 Å². The maximum atomic E-state index is 11.3. The third-order valence-electron chi connectivity index (χ3n) is 1.63. The summed E-state index contributed by atoms with van der Waals surface area (Å²) in [7, 11) is 0.